The third-order valence-electron chi connectivity index (χ3n) is 5.02. The number of hydrogen-bond acceptors (Lipinski definition) is 9. The van der Waals surface area contributed by atoms with Gasteiger partial charge in [0, 0.05) is 12.6 Å². The van der Waals surface area contributed by atoms with Gasteiger partial charge in [0.05, 0.1) is 16.6 Å². The highest BCUT2D eigenvalue weighted by Gasteiger charge is 2.28. The smallest absolute Gasteiger partial charge is 0.373 e. The molecule has 4 aromatic rings. The Morgan fingerprint density at radius 3 is 2.33 bits per heavy atom. The average molecular weight is 500 g/mol. The van der Waals surface area contributed by atoms with Gasteiger partial charge in [0.25, 0.3) is 0 Å². The van der Waals surface area contributed by atoms with Crippen molar-refractivity contribution in [3.63, 3.8) is 0 Å². The molecule has 0 spiro atoms. The molecule has 4 rings (SSSR count). The number of nitrogens with one attached hydrogen (secondary N) is 1. The summed E-state index contributed by atoms with van der Waals surface area (Å²) in [5.74, 6) is 0.221. The molecule has 0 unspecified atom stereocenters. The highest BCUT2D eigenvalue weighted by Crippen LogP contribution is 2.40. The molecule has 0 aliphatic rings. The van der Waals surface area contributed by atoms with Crippen molar-refractivity contribution in [1.82, 2.24) is 9.97 Å². The lowest BCUT2D eigenvalue weighted by Crippen LogP contribution is -2.08. The maximum absolute atomic E-state index is 12.1. The van der Waals surface area contributed by atoms with E-state index in [9.17, 15) is 15.4 Å². The molecule has 36 heavy (non-hydrogen) atoms. The van der Waals surface area contributed by atoms with E-state index in [2.05, 4.69) is 15.3 Å². The van der Waals surface area contributed by atoms with E-state index in [1.54, 1.807) is 18.4 Å². The number of hydrogen-bond donors (Lipinski definition) is 1. The molecule has 3 aromatic carbocycles. The van der Waals surface area contributed by atoms with Gasteiger partial charge in [-0.2, -0.15) is 15.2 Å². The Labute approximate surface area is 211 Å². The standard InChI is InChI=1S/C26H21N5O4S/c1-36-26-29-24(28-16-18-8-4-2-5-9-18)23(31(32)33)25(30-26)35-22-14-20(15-27)12-13-21(22)34-17-19-10-6-3-7-11-19/h2-14H,16-17H2,1H3,(H,28,29,30). The van der Waals surface area contributed by atoms with Crippen LogP contribution in [-0.2, 0) is 13.2 Å². The van der Waals surface area contributed by atoms with Crippen LogP contribution in [0.2, 0.25) is 0 Å². The minimum absolute atomic E-state index is 0.0291. The van der Waals surface area contributed by atoms with E-state index in [1.807, 2.05) is 66.7 Å². The lowest BCUT2D eigenvalue weighted by molar-refractivity contribution is -0.385. The lowest BCUT2D eigenvalue weighted by atomic mass is 10.2. The lowest BCUT2D eigenvalue weighted by Gasteiger charge is -2.14. The second kappa shape index (κ2) is 11.7. The van der Waals surface area contributed by atoms with E-state index in [0.29, 0.717) is 17.9 Å². The topological polar surface area (TPSA) is 123 Å². The van der Waals surface area contributed by atoms with Crippen LogP contribution in [0.5, 0.6) is 17.4 Å². The summed E-state index contributed by atoms with van der Waals surface area (Å²) >= 11 is 1.22. The molecule has 180 valence electrons. The van der Waals surface area contributed by atoms with Crippen LogP contribution in [0.15, 0.2) is 84.0 Å². The molecule has 1 heterocycles. The third kappa shape index (κ3) is 6.08. The second-order valence-corrected chi connectivity index (χ2v) is 8.23. The van der Waals surface area contributed by atoms with Crippen LogP contribution in [0.25, 0.3) is 0 Å². The van der Waals surface area contributed by atoms with Crippen LogP contribution in [0.1, 0.15) is 16.7 Å². The zero-order chi connectivity index (χ0) is 25.3. The number of aromatic nitrogens is 2. The molecule has 0 saturated heterocycles. The first-order valence-corrected chi connectivity index (χ1v) is 12.1. The summed E-state index contributed by atoms with van der Waals surface area (Å²) in [6, 6.07) is 25.7. The minimum Gasteiger partial charge on any atom is -0.485 e. The molecule has 0 bridgehead atoms. The Morgan fingerprint density at radius 1 is 1.00 bits per heavy atom. The van der Waals surface area contributed by atoms with Crippen LogP contribution in [-0.4, -0.2) is 21.1 Å². The van der Waals surface area contributed by atoms with Crippen LogP contribution in [0.3, 0.4) is 0 Å². The van der Waals surface area contributed by atoms with Crippen molar-refractivity contribution in [2.75, 3.05) is 11.6 Å². The average Bonchev–Trinajstić information content (AvgIpc) is 2.91. The summed E-state index contributed by atoms with van der Waals surface area (Å²) in [6.07, 6.45) is 1.76. The fourth-order valence-electron chi connectivity index (χ4n) is 3.26. The maximum Gasteiger partial charge on any atom is 0.373 e. The van der Waals surface area contributed by atoms with Crippen molar-refractivity contribution in [2.45, 2.75) is 18.3 Å². The van der Waals surface area contributed by atoms with Gasteiger partial charge in [-0.05, 0) is 29.5 Å². The Hall–Kier alpha value is -4.62. The number of thioether (sulfide) groups is 1. The molecule has 0 radical (unpaired) electrons. The van der Waals surface area contributed by atoms with Crippen LogP contribution in [0.4, 0.5) is 11.5 Å². The first kappa shape index (κ1) is 24.5. The van der Waals surface area contributed by atoms with E-state index in [1.165, 1.54) is 17.8 Å². The fourth-order valence-corrected chi connectivity index (χ4v) is 3.62. The molecule has 0 atom stereocenters. The van der Waals surface area contributed by atoms with Crippen molar-refractivity contribution in [1.29, 1.82) is 5.26 Å². The molecule has 1 N–H and O–H groups in total. The summed E-state index contributed by atoms with van der Waals surface area (Å²) in [5, 5.41) is 24.8. The molecule has 0 aliphatic heterocycles. The van der Waals surface area contributed by atoms with E-state index in [4.69, 9.17) is 9.47 Å². The van der Waals surface area contributed by atoms with Gasteiger partial charge in [-0.3, -0.25) is 10.1 Å². The van der Waals surface area contributed by atoms with Crippen LogP contribution >= 0.6 is 11.8 Å². The Morgan fingerprint density at radius 2 is 1.69 bits per heavy atom. The molecule has 0 saturated carbocycles. The summed E-state index contributed by atoms with van der Waals surface area (Å²) < 4.78 is 11.9. The predicted molar refractivity (Wildman–Crippen MR) is 136 cm³/mol. The van der Waals surface area contributed by atoms with Gasteiger partial charge in [0.15, 0.2) is 16.7 Å². The Bertz CT molecular complexity index is 1400. The monoisotopic (exact) mass is 499 g/mol. The molecule has 10 heteroatoms. The number of ether oxygens (including phenoxy) is 2. The van der Waals surface area contributed by atoms with Crippen molar-refractivity contribution in [3.8, 4) is 23.4 Å². The number of benzene rings is 3. The second-order valence-electron chi connectivity index (χ2n) is 7.46. The molecular formula is C26H21N5O4S. The fraction of sp³-hybridized carbons (Fsp3) is 0.115. The number of nitro groups is 1. The first-order valence-electron chi connectivity index (χ1n) is 10.8. The molecule has 0 aliphatic carbocycles. The number of anilines is 1. The number of nitriles is 1. The third-order valence-corrected chi connectivity index (χ3v) is 5.56. The molecule has 0 amide bonds. The zero-order valence-corrected chi connectivity index (χ0v) is 20.1. The van der Waals surface area contributed by atoms with E-state index in [0.717, 1.165) is 11.1 Å². The highest BCUT2D eigenvalue weighted by atomic mass is 32.2. The number of nitrogens with zero attached hydrogens (tertiary/aromatic N) is 4. The first-order chi connectivity index (χ1) is 17.6. The van der Waals surface area contributed by atoms with Gasteiger partial charge >= 0.3 is 11.6 Å². The summed E-state index contributed by atoms with van der Waals surface area (Å²) in [4.78, 5) is 20.0. The van der Waals surface area contributed by atoms with Crippen molar-refractivity contribution >= 4 is 23.3 Å². The van der Waals surface area contributed by atoms with E-state index >= 15 is 0 Å². The summed E-state index contributed by atoms with van der Waals surface area (Å²) in [7, 11) is 0. The van der Waals surface area contributed by atoms with Crippen LogP contribution < -0.4 is 14.8 Å². The highest BCUT2D eigenvalue weighted by molar-refractivity contribution is 7.98. The predicted octanol–water partition coefficient (Wildman–Crippen LogP) is 5.96. The quantitative estimate of drug-likeness (QED) is 0.122. The largest absolute Gasteiger partial charge is 0.485 e. The number of rotatable bonds is 10. The summed E-state index contributed by atoms with van der Waals surface area (Å²) in [6.45, 7) is 0.566. The molecule has 0 fully saturated rings. The van der Waals surface area contributed by atoms with Gasteiger partial charge in [-0.15, -0.1) is 0 Å². The van der Waals surface area contributed by atoms with Gasteiger partial charge < -0.3 is 14.8 Å². The van der Waals surface area contributed by atoms with Crippen molar-refractivity contribution in [3.05, 3.63) is 106 Å². The van der Waals surface area contributed by atoms with Gasteiger partial charge in [0.1, 0.15) is 6.61 Å². The van der Waals surface area contributed by atoms with Gasteiger partial charge in [-0.25, -0.2) is 0 Å². The maximum atomic E-state index is 12.1. The minimum atomic E-state index is -0.592. The van der Waals surface area contributed by atoms with Crippen molar-refractivity contribution in [2.24, 2.45) is 0 Å². The van der Waals surface area contributed by atoms with Gasteiger partial charge in [-0.1, -0.05) is 72.4 Å². The summed E-state index contributed by atoms with van der Waals surface area (Å²) in [5.41, 5.74) is 1.75. The van der Waals surface area contributed by atoms with Crippen molar-refractivity contribution < 1.29 is 14.4 Å². The van der Waals surface area contributed by atoms with E-state index < -0.39 is 10.6 Å². The molecule has 1 aromatic heterocycles. The van der Waals surface area contributed by atoms with E-state index in [-0.39, 0.29) is 29.2 Å². The normalized spacial score (nSPS) is 10.3. The molecular weight excluding hydrogens is 478 g/mol. The SMILES string of the molecule is CSc1nc(NCc2ccccc2)c([N+](=O)[O-])c(Oc2cc(C#N)ccc2OCc2ccccc2)n1. The molecule has 9 nitrogen and oxygen atoms in total. The Kier molecular flexibility index (Phi) is 7.95. The van der Waals surface area contributed by atoms with Crippen LogP contribution in [0, 0.1) is 21.4 Å². The van der Waals surface area contributed by atoms with Gasteiger partial charge in [0.2, 0.25) is 5.82 Å². The Balaban J connectivity index is 1.69. The zero-order valence-electron chi connectivity index (χ0n) is 19.2.